The van der Waals surface area contributed by atoms with Gasteiger partial charge in [-0.15, -0.1) is 0 Å². The van der Waals surface area contributed by atoms with Gasteiger partial charge in [0.05, 0.1) is 5.92 Å². The molecule has 1 saturated heterocycles. The van der Waals surface area contributed by atoms with E-state index in [-0.39, 0.29) is 30.6 Å². The van der Waals surface area contributed by atoms with Gasteiger partial charge in [0.15, 0.2) is 0 Å². The third-order valence-electron chi connectivity index (χ3n) is 5.74. The molecular formula is C22H25N5O8. The second kappa shape index (κ2) is 11.8. The van der Waals surface area contributed by atoms with E-state index in [4.69, 9.17) is 15.0 Å². The van der Waals surface area contributed by atoms with Gasteiger partial charge in [-0.25, -0.2) is 4.79 Å². The number of esters is 1. The van der Waals surface area contributed by atoms with Crippen molar-refractivity contribution in [3.63, 3.8) is 0 Å². The predicted octanol–water partition coefficient (Wildman–Crippen LogP) is 3.27. The lowest BCUT2D eigenvalue weighted by molar-refractivity contribution is -0.193. The highest BCUT2D eigenvalue weighted by Gasteiger charge is 2.34. The van der Waals surface area contributed by atoms with Crippen LogP contribution < -0.4 is 5.32 Å². The van der Waals surface area contributed by atoms with Gasteiger partial charge in [-0.2, -0.15) is 0 Å². The van der Waals surface area contributed by atoms with Gasteiger partial charge in [0.2, 0.25) is 6.29 Å². The van der Waals surface area contributed by atoms with Gasteiger partial charge in [-0.3, -0.25) is 24.0 Å². The zero-order chi connectivity index (χ0) is 25.4. The number of ether oxygens (including phenoxy) is 2. The van der Waals surface area contributed by atoms with Crippen LogP contribution in [-0.4, -0.2) is 47.7 Å². The molecule has 1 aliphatic carbocycles. The average molecular weight is 487 g/mol. The first-order chi connectivity index (χ1) is 16.8. The summed E-state index contributed by atoms with van der Waals surface area (Å²) in [5.41, 5.74) is 9.29. The lowest BCUT2D eigenvalue weighted by atomic mass is 9.82. The number of imide groups is 1. The molecule has 1 heterocycles. The maximum Gasteiger partial charge on any atom is 0.537 e. The van der Waals surface area contributed by atoms with Gasteiger partial charge >= 0.3 is 12.1 Å². The molecule has 0 aromatic heterocycles. The predicted molar refractivity (Wildman–Crippen MR) is 117 cm³/mol. The maximum absolute atomic E-state index is 12.4. The normalized spacial score (nSPS) is 20.4. The molecule has 2 aliphatic rings. The van der Waals surface area contributed by atoms with Crippen molar-refractivity contribution < 1.29 is 38.3 Å². The van der Waals surface area contributed by atoms with Gasteiger partial charge in [-0.1, -0.05) is 22.3 Å². The van der Waals surface area contributed by atoms with Crippen molar-refractivity contribution in [3.8, 4) is 0 Å². The Bertz CT molecular complexity index is 1010. The minimum atomic E-state index is -1.32. The van der Waals surface area contributed by atoms with Crippen molar-refractivity contribution in [1.82, 2.24) is 10.4 Å². The molecule has 1 aromatic carbocycles. The highest BCUT2D eigenvalue weighted by atomic mass is 16.9. The SMILES string of the molecule is CC(OC(=O)ON1C(=O)CCC1=O)OC(=O)C1CCC(CNC(=O)c2ccc(N=[N+]=[N-])cc2)CC1. The summed E-state index contributed by atoms with van der Waals surface area (Å²) in [5.74, 6) is -2.24. The first-order valence-electron chi connectivity index (χ1n) is 11.1. The smallest absolute Gasteiger partial charge is 0.425 e. The van der Waals surface area contributed by atoms with E-state index in [1.807, 2.05) is 0 Å². The van der Waals surface area contributed by atoms with Gasteiger partial charge < -0.3 is 14.8 Å². The number of rotatable bonds is 8. The zero-order valence-electron chi connectivity index (χ0n) is 19.0. The molecule has 1 aromatic rings. The van der Waals surface area contributed by atoms with Crippen LogP contribution in [-0.2, 0) is 28.7 Å². The lowest BCUT2D eigenvalue weighted by Crippen LogP contribution is -2.35. The Morgan fingerprint density at radius 2 is 1.71 bits per heavy atom. The standard InChI is InChI=1S/C22H25N5O8/c1-13(34-22(32)35-27-18(28)10-11-19(27)29)33-21(31)16-4-2-14(3-5-16)12-24-20(30)15-6-8-17(9-7-15)25-26-23/h6-9,13-14,16H,2-5,10-12H2,1H3,(H,24,30). The fraction of sp³-hybridized carbons (Fsp3) is 0.500. The number of carbonyl (C=O) groups excluding carboxylic acids is 5. The maximum atomic E-state index is 12.4. The monoisotopic (exact) mass is 487 g/mol. The van der Waals surface area contributed by atoms with Crippen molar-refractivity contribution in [1.29, 1.82) is 0 Å². The summed E-state index contributed by atoms with van der Waals surface area (Å²) in [5, 5.41) is 6.67. The lowest BCUT2D eigenvalue weighted by Gasteiger charge is -2.28. The number of nitrogens with one attached hydrogen (secondary N) is 1. The quantitative estimate of drug-likeness (QED) is 0.145. The minimum absolute atomic E-state index is 0.0467. The van der Waals surface area contributed by atoms with Gasteiger partial charge in [0, 0.05) is 42.5 Å². The fourth-order valence-electron chi connectivity index (χ4n) is 3.85. The van der Waals surface area contributed by atoms with Crippen molar-refractivity contribution in [2.75, 3.05) is 6.54 Å². The Balaban J connectivity index is 1.35. The Labute approximate surface area is 200 Å². The summed E-state index contributed by atoms with van der Waals surface area (Å²) < 4.78 is 9.94. The first kappa shape index (κ1) is 25.5. The molecule has 3 rings (SSSR count). The molecule has 1 unspecified atom stereocenters. The second-order valence-electron chi connectivity index (χ2n) is 8.21. The van der Waals surface area contributed by atoms with Gasteiger partial charge in [0.1, 0.15) is 0 Å². The van der Waals surface area contributed by atoms with Crippen molar-refractivity contribution >= 4 is 35.5 Å². The first-order valence-corrected chi connectivity index (χ1v) is 11.1. The molecule has 1 N–H and O–H groups in total. The summed E-state index contributed by atoms with van der Waals surface area (Å²) in [6.07, 6.45) is -0.170. The number of benzene rings is 1. The number of amides is 3. The summed E-state index contributed by atoms with van der Waals surface area (Å²) in [6.45, 7) is 1.78. The number of nitrogens with zero attached hydrogens (tertiary/aromatic N) is 4. The van der Waals surface area contributed by atoms with Gasteiger partial charge in [0.25, 0.3) is 17.7 Å². The van der Waals surface area contributed by atoms with E-state index in [1.165, 1.54) is 6.92 Å². The third kappa shape index (κ3) is 7.18. The van der Waals surface area contributed by atoms with E-state index in [0.717, 1.165) is 0 Å². The van der Waals surface area contributed by atoms with Gasteiger partial charge in [-0.05, 0) is 49.3 Å². The van der Waals surface area contributed by atoms with Crippen LogP contribution in [0.25, 0.3) is 10.4 Å². The number of hydrogen-bond donors (Lipinski definition) is 1. The Kier molecular flexibility index (Phi) is 8.63. The van der Waals surface area contributed by atoms with Crippen molar-refractivity contribution in [3.05, 3.63) is 40.3 Å². The Morgan fingerprint density at radius 3 is 2.31 bits per heavy atom. The van der Waals surface area contributed by atoms with Crippen LogP contribution in [0.5, 0.6) is 0 Å². The van der Waals surface area contributed by atoms with Crippen LogP contribution in [0.1, 0.15) is 55.8 Å². The summed E-state index contributed by atoms with van der Waals surface area (Å²) >= 11 is 0. The highest BCUT2D eigenvalue weighted by Crippen LogP contribution is 2.29. The van der Waals surface area contributed by atoms with Crippen molar-refractivity contribution in [2.24, 2.45) is 17.0 Å². The number of carbonyl (C=O) groups is 5. The summed E-state index contributed by atoms with van der Waals surface area (Å²) in [4.78, 5) is 66.6. The van der Waals surface area contributed by atoms with E-state index in [2.05, 4.69) is 20.2 Å². The van der Waals surface area contributed by atoms with E-state index in [9.17, 15) is 24.0 Å². The largest absolute Gasteiger partial charge is 0.537 e. The van der Waals surface area contributed by atoms with E-state index < -0.39 is 30.2 Å². The molecule has 35 heavy (non-hydrogen) atoms. The van der Waals surface area contributed by atoms with Crippen LogP contribution in [0.2, 0.25) is 0 Å². The summed E-state index contributed by atoms with van der Waals surface area (Å²) in [6, 6.07) is 6.26. The molecule has 0 bridgehead atoms. The molecule has 3 amide bonds. The number of hydrogen-bond acceptors (Lipinski definition) is 9. The molecule has 13 nitrogen and oxygen atoms in total. The van der Waals surface area contributed by atoms with Crippen molar-refractivity contribution in [2.45, 2.75) is 51.7 Å². The minimum Gasteiger partial charge on any atom is -0.425 e. The highest BCUT2D eigenvalue weighted by molar-refractivity contribution is 6.01. The van der Waals surface area contributed by atoms with Crippen LogP contribution >= 0.6 is 0 Å². The zero-order valence-corrected chi connectivity index (χ0v) is 19.0. The third-order valence-corrected chi connectivity index (χ3v) is 5.74. The molecule has 1 atom stereocenters. The summed E-state index contributed by atoms with van der Waals surface area (Å²) in [7, 11) is 0. The van der Waals surface area contributed by atoms with E-state index in [1.54, 1.807) is 24.3 Å². The van der Waals surface area contributed by atoms with Crippen LogP contribution in [0.15, 0.2) is 29.4 Å². The number of azide groups is 1. The number of hydroxylamine groups is 2. The molecule has 1 aliphatic heterocycles. The van der Waals surface area contributed by atoms with Crippen LogP contribution in [0.3, 0.4) is 0 Å². The van der Waals surface area contributed by atoms with Crippen LogP contribution in [0, 0.1) is 11.8 Å². The molecule has 0 radical (unpaired) electrons. The molecular weight excluding hydrogens is 462 g/mol. The molecule has 13 heteroatoms. The van der Waals surface area contributed by atoms with Crippen LogP contribution in [0.4, 0.5) is 10.5 Å². The second-order valence-corrected chi connectivity index (χ2v) is 8.21. The Morgan fingerprint density at radius 1 is 1.09 bits per heavy atom. The molecule has 1 saturated carbocycles. The molecule has 186 valence electrons. The van der Waals surface area contributed by atoms with E-state index >= 15 is 0 Å². The fourth-order valence-corrected chi connectivity index (χ4v) is 3.85. The van der Waals surface area contributed by atoms with E-state index in [0.29, 0.717) is 48.5 Å². The molecule has 0 spiro atoms. The Hall–Kier alpha value is -4.12. The topological polar surface area (TPSA) is 177 Å². The average Bonchev–Trinajstić information content (AvgIpc) is 3.15. The molecule has 2 fully saturated rings.